The minimum Gasteiger partial charge on any atom is -0.384 e. The number of nitrogens with two attached hydrogens (primary N) is 1. The lowest BCUT2D eigenvalue weighted by Gasteiger charge is -2.06. The molecule has 0 aromatic rings. The summed E-state index contributed by atoms with van der Waals surface area (Å²) in [7, 11) is 0. The zero-order chi connectivity index (χ0) is 5.11. The Bertz CT molecular complexity index is 114. The second-order valence-corrected chi connectivity index (χ2v) is 1.25. The Morgan fingerprint density at radius 2 is 2.43 bits per heavy atom. The first kappa shape index (κ1) is 4.05. The van der Waals surface area contributed by atoms with Crippen LogP contribution in [0.4, 0.5) is 0 Å². The first-order chi connectivity index (χ1) is 3.39. The van der Waals surface area contributed by atoms with E-state index >= 15 is 0 Å². The van der Waals surface area contributed by atoms with Crippen molar-refractivity contribution in [1.82, 2.24) is 10.9 Å². The number of hydrogen-bond acceptors (Lipinski definition) is 3. The van der Waals surface area contributed by atoms with Gasteiger partial charge in [-0.15, -0.1) is 0 Å². The molecule has 0 aliphatic carbocycles. The maximum absolute atomic E-state index is 5.27. The van der Waals surface area contributed by atoms with Crippen molar-refractivity contribution in [3.8, 4) is 0 Å². The Morgan fingerprint density at radius 1 is 1.57 bits per heavy atom. The molecule has 0 spiro atoms. The Hall–Kier alpha value is -1.12. The second kappa shape index (κ2) is 1.55. The Labute approximate surface area is 41.9 Å². The SMILES string of the molecule is NC1=CC=CNN1. The molecule has 1 heterocycles. The number of nitrogens with one attached hydrogen (secondary N) is 2. The average molecular weight is 97.1 g/mol. The summed E-state index contributed by atoms with van der Waals surface area (Å²) in [5, 5.41) is 0. The molecule has 0 atom stereocenters. The lowest BCUT2D eigenvalue weighted by Crippen LogP contribution is -2.31. The summed E-state index contributed by atoms with van der Waals surface area (Å²) in [4.78, 5) is 0. The van der Waals surface area contributed by atoms with E-state index in [-0.39, 0.29) is 0 Å². The number of rotatable bonds is 0. The van der Waals surface area contributed by atoms with Crippen molar-refractivity contribution in [3.05, 3.63) is 24.2 Å². The molecule has 1 aliphatic rings. The van der Waals surface area contributed by atoms with Crippen LogP contribution in [0.2, 0.25) is 0 Å². The van der Waals surface area contributed by atoms with Crippen molar-refractivity contribution in [2.75, 3.05) is 0 Å². The first-order valence-electron chi connectivity index (χ1n) is 2.03. The fourth-order valence-electron chi connectivity index (χ4n) is 0.367. The third-order valence-corrected chi connectivity index (χ3v) is 0.672. The van der Waals surface area contributed by atoms with E-state index < -0.39 is 0 Å². The van der Waals surface area contributed by atoms with Crippen LogP contribution in [0, 0.1) is 0 Å². The number of hydrazine groups is 1. The van der Waals surface area contributed by atoms with Crippen molar-refractivity contribution in [1.29, 1.82) is 0 Å². The van der Waals surface area contributed by atoms with Crippen LogP contribution in [-0.2, 0) is 0 Å². The Morgan fingerprint density at radius 3 is 2.71 bits per heavy atom. The summed E-state index contributed by atoms with van der Waals surface area (Å²) >= 11 is 0. The van der Waals surface area contributed by atoms with Crippen molar-refractivity contribution < 1.29 is 0 Å². The van der Waals surface area contributed by atoms with E-state index in [0.717, 1.165) is 0 Å². The molecule has 1 aliphatic heterocycles. The zero-order valence-corrected chi connectivity index (χ0v) is 3.81. The van der Waals surface area contributed by atoms with Crippen molar-refractivity contribution in [3.63, 3.8) is 0 Å². The summed E-state index contributed by atoms with van der Waals surface area (Å²) in [6, 6.07) is 0. The maximum Gasteiger partial charge on any atom is 0.115 e. The molecule has 0 saturated heterocycles. The van der Waals surface area contributed by atoms with Gasteiger partial charge in [0.1, 0.15) is 5.82 Å². The summed E-state index contributed by atoms with van der Waals surface area (Å²) in [6.45, 7) is 0. The van der Waals surface area contributed by atoms with Crippen LogP contribution in [0.3, 0.4) is 0 Å². The van der Waals surface area contributed by atoms with E-state index in [1.54, 1.807) is 12.3 Å². The van der Waals surface area contributed by atoms with Crippen LogP contribution in [0.25, 0.3) is 0 Å². The molecule has 3 nitrogen and oxygen atoms in total. The second-order valence-electron chi connectivity index (χ2n) is 1.25. The van der Waals surface area contributed by atoms with Crippen LogP contribution in [0.15, 0.2) is 24.2 Å². The highest BCUT2D eigenvalue weighted by molar-refractivity contribution is 5.10. The van der Waals surface area contributed by atoms with Crippen LogP contribution in [-0.4, -0.2) is 0 Å². The summed E-state index contributed by atoms with van der Waals surface area (Å²) in [5.41, 5.74) is 10.7. The van der Waals surface area contributed by atoms with Gasteiger partial charge in [0, 0.05) is 6.20 Å². The van der Waals surface area contributed by atoms with Crippen LogP contribution in [0.5, 0.6) is 0 Å². The summed E-state index contributed by atoms with van der Waals surface area (Å²) in [5.74, 6) is 0.641. The normalized spacial score (nSPS) is 16.9. The average Bonchev–Trinajstić information content (AvgIpc) is 1.69. The molecule has 0 aromatic heterocycles. The Balaban J connectivity index is 2.57. The van der Waals surface area contributed by atoms with Gasteiger partial charge in [0.15, 0.2) is 0 Å². The highest BCUT2D eigenvalue weighted by Crippen LogP contribution is 1.80. The molecule has 0 fully saturated rings. The van der Waals surface area contributed by atoms with E-state index in [4.69, 9.17) is 5.73 Å². The smallest absolute Gasteiger partial charge is 0.115 e. The predicted octanol–water partition coefficient (Wildman–Crippen LogP) is -0.592. The predicted molar refractivity (Wildman–Crippen MR) is 27.7 cm³/mol. The van der Waals surface area contributed by atoms with Crippen LogP contribution in [0.1, 0.15) is 0 Å². The fourth-order valence-corrected chi connectivity index (χ4v) is 0.367. The van der Waals surface area contributed by atoms with Crippen LogP contribution >= 0.6 is 0 Å². The molecule has 0 bridgehead atoms. The monoisotopic (exact) mass is 97.1 g/mol. The van der Waals surface area contributed by atoms with E-state index in [1.807, 2.05) is 6.08 Å². The van der Waals surface area contributed by atoms with Gasteiger partial charge in [-0.05, 0) is 12.2 Å². The lowest BCUT2D eigenvalue weighted by atomic mass is 10.5. The molecule has 38 valence electrons. The van der Waals surface area contributed by atoms with Gasteiger partial charge in [-0.3, -0.25) is 5.43 Å². The molecule has 0 amide bonds. The van der Waals surface area contributed by atoms with Gasteiger partial charge in [0.25, 0.3) is 0 Å². The minimum atomic E-state index is 0.641. The van der Waals surface area contributed by atoms with Crippen LogP contribution < -0.4 is 16.6 Å². The molecule has 4 N–H and O–H groups in total. The molecule has 0 unspecified atom stereocenters. The number of allylic oxidation sites excluding steroid dienone is 2. The van der Waals surface area contributed by atoms with Crippen molar-refractivity contribution >= 4 is 0 Å². The van der Waals surface area contributed by atoms with Gasteiger partial charge in [-0.2, -0.15) is 0 Å². The Kier molecular flexibility index (Phi) is 0.898. The zero-order valence-electron chi connectivity index (χ0n) is 3.81. The molecular weight excluding hydrogens is 90.1 g/mol. The van der Waals surface area contributed by atoms with Gasteiger partial charge in [0.05, 0.1) is 0 Å². The molecule has 7 heavy (non-hydrogen) atoms. The maximum atomic E-state index is 5.27. The standard InChI is InChI=1S/C4H7N3/c5-4-2-1-3-6-7-4/h1-3,6-7H,5H2. The van der Waals surface area contributed by atoms with Gasteiger partial charge < -0.3 is 11.2 Å². The van der Waals surface area contributed by atoms with E-state index in [9.17, 15) is 0 Å². The molecule has 1 rings (SSSR count). The largest absolute Gasteiger partial charge is 0.384 e. The summed E-state index contributed by atoms with van der Waals surface area (Å²) < 4.78 is 0. The van der Waals surface area contributed by atoms with E-state index in [2.05, 4.69) is 10.9 Å². The fraction of sp³-hybridized carbons (Fsp3) is 0. The van der Waals surface area contributed by atoms with Crippen molar-refractivity contribution in [2.24, 2.45) is 5.73 Å². The summed E-state index contributed by atoms with van der Waals surface area (Å²) in [6.07, 6.45) is 5.36. The third-order valence-electron chi connectivity index (χ3n) is 0.672. The van der Waals surface area contributed by atoms with Gasteiger partial charge in [-0.25, -0.2) is 0 Å². The van der Waals surface area contributed by atoms with Gasteiger partial charge in [-0.1, -0.05) is 0 Å². The third kappa shape index (κ3) is 0.855. The van der Waals surface area contributed by atoms with Gasteiger partial charge in [0.2, 0.25) is 0 Å². The lowest BCUT2D eigenvalue weighted by molar-refractivity contribution is 0.709. The quantitative estimate of drug-likeness (QED) is 0.378. The van der Waals surface area contributed by atoms with Crippen molar-refractivity contribution in [2.45, 2.75) is 0 Å². The highest BCUT2D eigenvalue weighted by atomic mass is 15.4. The van der Waals surface area contributed by atoms with E-state index in [1.165, 1.54) is 0 Å². The number of hydrogen-bond donors (Lipinski definition) is 3. The first-order valence-corrected chi connectivity index (χ1v) is 2.03. The molecule has 0 radical (unpaired) electrons. The minimum absolute atomic E-state index is 0.641. The highest BCUT2D eigenvalue weighted by Gasteiger charge is 1.84. The molecule has 0 aromatic carbocycles. The topological polar surface area (TPSA) is 50.1 Å². The van der Waals surface area contributed by atoms with E-state index in [0.29, 0.717) is 5.82 Å². The molecular formula is C4H7N3. The van der Waals surface area contributed by atoms with Gasteiger partial charge >= 0.3 is 0 Å². The molecule has 0 saturated carbocycles. The molecule has 3 heteroatoms.